The first-order valence-corrected chi connectivity index (χ1v) is 4.27. The normalized spacial score (nSPS) is 9.23. The van der Waals surface area contributed by atoms with E-state index in [1.54, 1.807) is 18.2 Å². The molecule has 1 aromatic rings. The van der Waals surface area contributed by atoms with Crippen LogP contribution in [0.2, 0.25) is 0 Å². The fraction of sp³-hybridized carbons (Fsp3) is 0.200. The zero-order valence-electron chi connectivity index (χ0n) is 6.96. The van der Waals surface area contributed by atoms with E-state index >= 15 is 0 Å². The fourth-order valence-electron chi connectivity index (χ4n) is 1.05. The van der Waals surface area contributed by atoms with Gasteiger partial charge in [-0.05, 0) is 29.7 Å². The quantitative estimate of drug-likeness (QED) is 0.693. The third-order valence-corrected chi connectivity index (χ3v) is 1.90. The molecule has 3 heteroatoms. The molecule has 0 saturated carbocycles. The Morgan fingerprint density at radius 3 is 2.92 bits per heavy atom. The van der Waals surface area contributed by atoms with Crippen LogP contribution in [0.25, 0.3) is 0 Å². The van der Waals surface area contributed by atoms with Crippen LogP contribution in [0.5, 0.6) is 0 Å². The van der Waals surface area contributed by atoms with Crippen molar-refractivity contribution in [2.45, 2.75) is 12.8 Å². The number of hydrogen-bond donors (Lipinski definition) is 0. The van der Waals surface area contributed by atoms with Crippen LogP contribution >= 0.6 is 11.6 Å². The second-order valence-corrected chi connectivity index (χ2v) is 2.98. The molecule has 0 fully saturated rings. The Kier molecular flexibility index (Phi) is 3.48. The molecule has 0 atom stereocenters. The minimum atomic E-state index is -0.459. The SMILES string of the molecule is N#CCCc1cccc(C(=O)Cl)c1. The largest absolute Gasteiger partial charge is 0.276 e. The summed E-state index contributed by atoms with van der Waals surface area (Å²) in [5, 5.41) is 7.90. The lowest BCUT2D eigenvalue weighted by molar-refractivity contribution is 0.108. The van der Waals surface area contributed by atoms with E-state index in [9.17, 15) is 4.79 Å². The van der Waals surface area contributed by atoms with Gasteiger partial charge in [0.25, 0.3) is 5.24 Å². The van der Waals surface area contributed by atoms with Crippen molar-refractivity contribution in [3.63, 3.8) is 0 Å². The van der Waals surface area contributed by atoms with Gasteiger partial charge in [-0.1, -0.05) is 18.2 Å². The third-order valence-electron chi connectivity index (χ3n) is 1.68. The number of nitriles is 1. The average Bonchev–Trinajstić information content (AvgIpc) is 2.15. The predicted molar refractivity (Wildman–Crippen MR) is 50.6 cm³/mol. The first-order chi connectivity index (χ1) is 6.24. The molecule has 0 aromatic heterocycles. The number of rotatable bonds is 3. The van der Waals surface area contributed by atoms with Gasteiger partial charge in [-0.3, -0.25) is 4.79 Å². The zero-order chi connectivity index (χ0) is 9.68. The van der Waals surface area contributed by atoms with Gasteiger partial charge < -0.3 is 0 Å². The van der Waals surface area contributed by atoms with Crippen molar-refractivity contribution in [2.24, 2.45) is 0 Å². The van der Waals surface area contributed by atoms with Gasteiger partial charge in [0.2, 0.25) is 0 Å². The van der Waals surface area contributed by atoms with Crippen molar-refractivity contribution in [3.05, 3.63) is 35.4 Å². The van der Waals surface area contributed by atoms with Crippen LogP contribution in [0.1, 0.15) is 22.3 Å². The van der Waals surface area contributed by atoms with Gasteiger partial charge in [0.15, 0.2) is 0 Å². The van der Waals surface area contributed by atoms with Crippen molar-refractivity contribution < 1.29 is 4.79 Å². The molecule has 0 radical (unpaired) electrons. The molecule has 2 nitrogen and oxygen atoms in total. The van der Waals surface area contributed by atoms with E-state index in [0.717, 1.165) is 5.56 Å². The summed E-state index contributed by atoms with van der Waals surface area (Å²) in [6.45, 7) is 0. The summed E-state index contributed by atoms with van der Waals surface area (Å²) in [4.78, 5) is 10.8. The molecule has 0 saturated heterocycles. The van der Waals surface area contributed by atoms with Crippen LogP contribution < -0.4 is 0 Å². The number of carbonyl (C=O) groups excluding carboxylic acids is 1. The fourth-order valence-corrected chi connectivity index (χ4v) is 1.17. The molecule has 66 valence electrons. The highest BCUT2D eigenvalue weighted by molar-refractivity contribution is 6.67. The number of nitrogens with zero attached hydrogens (tertiary/aromatic N) is 1. The van der Waals surface area contributed by atoms with E-state index in [1.807, 2.05) is 12.1 Å². The van der Waals surface area contributed by atoms with Crippen LogP contribution in [0.4, 0.5) is 0 Å². The standard InChI is InChI=1S/C10H8ClNO/c11-10(13)9-5-1-3-8(7-9)4-2-6-12/h1,3,5,7H,2,4H2. The molecule has 0 unspecified atom stereocenters. The Bertz CT molecular complexity index is 354. The van der Waals surface area contributed by atoms with Crippen molar-refractivity contribution in [1.29, 1.82) is 5.26 Å². The molecule has 0 N–H and O–H groups in total. The number of carbonyl (C=O) groups is 1. The lowest BCUT2D eigenvalue weighted by atomic mass is 10.1. The summed E-state index contributed by atoms with van der Waals surface area (Å²) in [6.07, 6.45) is 1.12. The molecular formula is C10H8ClNO. The summed E-state index contributed by atoms with van der Waals surface area (Å²) in [5.41, 5.74) is 1.45. The highest BCUT2D eigenvalue weighted by Crippen LogP contribution is 2.09. The highest BCUT2D eigenvalue weighted by Gasteiger charge is 2.01. The third kappa shape index (κ3) is 2.89. The summed E-state index contributed by atoms with van der Waals surface area (Å²) in [7, 11) is 0. The van der Waals surface area contributed by atoms with Crippen molar-refractivity contribution in [1.82, 2.24) is 0 Å². The Balaban J connectivity index is 2.80. The maximum Gasteiger partial charge on any atom is 0.252 e. The van der Waals surface area contributed by atoms with Crippen LogP contribution in [-0.2, 0) is 6.42 Å². The van der Waals surface area contributed by atoms with E-state index in [2.05, 4.69) is 0 Å². The highest BCUT2D eigenvalue weighted by atomic mass is 35.5. The maximum atomic E-state index is 10.8. The average molecular weight is 194 g/mol. The van der Waals surface area contributed by atoms with Gasteiger partial charge in [-0.15, -0.1) is 0 Å². The van der Waals surface area contributed by atoms with Crippen LogP contribution in [0.15, 0.2) is 24.3 Å². The Morgan fingerprint density at radius 1 is 1.54 bits per heavy atom. The van der Waals surface area contributed by atoms with Gasteiger partial charge in [0.05, 0.1) is 6.07 Å². The minimum Gasteiger partial charge on any atom is -0.276 e. The molecule has 0 heterocycles. The first kappa shape index (κ1) is 9.76. The van der Waals surface area contributed by atoms with Gasteiger partial charge in [-0.25, -0.2) is 0 Å². The maximum absolute atomic E-state index is 10.8. The van der Waals surface area contributed by atoms with E-state index < -0.39 is 5.24 Å². The molecule has 0 bridgehead atoms. The van der Waals surface area contributed by atoms with E-state index in [4.69, 9.17) is 16.9 Å². The second-order valence-electron chi connectivity index (χ2n) is 2.63. The molecule has 0 spiro atoms. The number of benzene rings is 1. The van der Waals surface area contributed by atoms with E-state index in [1.165, 1.54) is 0 Å². The van der Waals surface area contributed by atoms with Crippen LogP contribution in [-0.4, -0.2) is 5.24 Å². The Hall–Kier alpha value is -1.33. The van der Waals surface area contributed by atoms with Gasteiger partial charge in [0, 0.05) is 12.0 Å². The Morgan fingerprint density at radius 2 is 2.31 bits per heavy atom. The summed E-state index contributed by atoms with van der Waals surface area (Å²) >= 11 is 5.31. The molecule has 1 aromatic carbocycles. The lowest BCUT2D eigenvalue weighted by Crippen LogP contribution is -1.91. The number of aryl methyl sites for hydroxylation is 1. The Labute approximate surface area is 81.7 Å². The first-order valence-electron chi connectivity index (χ1n) is 3.90. The van der Waals surface area contributed by atoms with Crippen molar-refractivity contribution >= 4 is 16.8 Å². The molecule has 13 heavy (non-hydrogen) atoms. The molecule has 0 amide bonds. The number of halogens is 1. The van der Waals surface area contributed by atoms with Gasteiger partial charge in [-0.2, -0.15) is 5.26 Å². The van der Waals surface area contributed by atoms with Crippen molar-refractivity contribution in [2.75, 3.05) is 0 Å². The summed E-state index contributed by atoms with van der Waals surface area (Å²) < 4.78 is 0. The molecule has 0 aliphatic rings. The predicted octanol–water partition coefficient (Wildman–Crippen LogP) is 2.52. The molecule has 0 aliphatic heterocycles. The minimum absolute atomic E-state index is 0.458. The molecule has 0 aliphatic carbocycles. The lowest BCUT2D eigenvalue weighted by Gasteiger charge is -1.98. The number of hydrogen-bond acceptors (Lipinski definition) is 2. The summed E-state index contributed by atoms with van der Waals surface area (Å²) in [5.74, 6) is 0. The smallest absolute Gasteiger partial charge is 0.252 e. The summed E-state index contributed by atoms with van der Waals surface area (Å²) in [6, 6.07) is 9.06. The van der Waals surface area contributed by atoms with Crippen molar-refractivity contribution in [3.8, 4) is 6.07 Å². The second kappa shape index (κ2) is 4.64. The van der Waals surface area contributed by atoms with E-state index in [-0.39, 0.29) is 0 Å². The molecule has 1 rings (SSSR count). The monoisotopic (exact) mass is 193 g/mol. The molecular weight excluding hydrogens is 186 g/mol. The van der Waals surface area contributed by atoms with Gasteiger partial charge in [0.1, 0.15) is 0 Å². The van der Waals surface area contributed by atoms with Gasteiger partial charge >= 0.3 is 0 Å². The van der Waals surface area contributed by atoms with E-state index in [0.29, 0.717) is 18.4 Å². The zero-order valence-corrected chi connectivity index (χ0v) is 7.71. The van der Waals surface area contributed by atoms with Crippen LogP contribution in [0, 0.1) is 11.3 Å². The van der Waals surface area contributed by atoms with Crippen LogP contribution in [0.3, 0.4) is 0 Å². The topological polar surface area (TPSA) is 40.9 Å².